The number of hydrogen-bond donors (Lipinski definition) is 1. The molecule has 2 rings (SSSR count). The van der Waals surface area contributed by atoms with E-state index >= 15 is 0 Å². The number of hydrogen-bond acceptors (Lipinski definition) is 5. The topological polar surface area (TPSA) is 85.3 Å². The maximum absolute atomic E-state index is 10.8. The zero-order valence-corrected chi connectivity index (χ0v) is 8.17. The molecule has 1 unspecified atom stereocenters. The van der Waals surface area contributed by atoms with Crippen LogP contribution in [0.5, 0.6) is 0 Å². The van der Waals surface area contributed by atoms with E-state index in [1.807, 2.05) is 4.90 Å². The summed E-state index contributed by atoms with van der Waals surface area (Å²) in [5, 5.41) is 10.8. The number of pyridine rings is 1. The van der Waals surface area contributed by atoms with Crippen molar-refractivity contribution < 1.29 is 4.92 Å². The fraction of sp³-hybridized carbons (Fsp3) is 0.444. The van der Waals surface area contributed by atoms with Crippen LogP contribution in [0.25, 0.3) is 0 Å². The third-order valence-electron chi connectivity index (χ3n) is 2.54. The number of nitrogens with zero attached hydrogens (tertiary/aromatic N) is 3. The zero-order valence-electron chi connectivity index (χ0n) is 8.17. The number of nitrogens with two attached hydrogens (primary N) is 1. The molecule has 0 spiro atoms. The molecule has 0 saturated carbocycles. The zero-order chi connectivity index (χ0) is 10.8. The molecule has 0 aliphatic carbocycles. The summed E-state index contributed by atoms with van der Waals surface area (Å²) in [6, 6.07) is 1.77. The maximum Gasteiger partial charge on any atom is 0.310 e. The van der Waals surface area contributed by atoms with E-state index in [9.17, 15) is 10.1 Å². The van der Waals surface area contributed by atoms with E-state index in [2.05, 4.69) is 4.98 Å². The Hall–Kier alpha value is -1.69. The van der Waals surface area contributed by atoms with Crippen molar-refractivity contribution in [3.05, 3.63) is 28.6 Å². The third-order valence-corrected chi connectivity index (χ3v) is 2.54. The Bertz CT molecular complexity index is 382. The van der Waals surface area contributed by atoms with Gasteiger partial charge in [-0.25, -0.2) is 0 Å². The number of nitro groups is 1. The molecule has 1 saturated heterocycles. The molecule has 1 aromatic rings. The Morgan fingerprint density at radius 3 is 3.07 bits per heavy atom. The summed E-state index contributed by atoms with van der Waals surface area (Å²) in [7, 11) is 0. The number of aromatic nitrogens is 1. The van der Waals surface area contributed by atoms with Crippen molar-refractivity contribution in [3.8, 4) is 0 Å². The first kappa shape index (κ1) is 9.85. The summed E-state index contributed by atoms with van der Waals surface area (Å²) in [6.45, 7) is 1.44. The lowest BCUT2D eigenvalue weighted by Crippen LogP contribution is -2.26. The second-order valence-electron chi connectivity index (χ2n) is 3.62. The standard InChI is InChI=1S/C9H12N4O2/c10-7-2-4-12(6-7)8-1-3-11-5-9(8)13(14)15/h1,3,5,7H,2,4,6,10H2. The van der Waals surface area contributed by atoms with Crippen LogP contribution in [-0.2, 0) is 0 Å². The molecule has 0 bridgehead atoms. The van der Waals surface area contributed by atoms with Crippen LogP contribution in [0, 0.1) is 10.1 Å². The van der Waals surface area contributed by atoms with Crippen LogP contribution >= 0.6 is 0 Å². The van der Waals surface area contributed by atoms with Gasteiger partial charge >= 0.3 is 5.69 Å². The molecule has 1 atom stereocenters. The van der Waals surface area contributed by atoms with Gasteiger partial charge in [0.2, 0.25) is 0 Å². The third kappa shape index (κ3) is 1.89. The first-order chi connectivity index (χ1) is 7.18. The minimum absolute atomic E-state index is 0.0478. The normalized spacial score (nSPS) is 20.6. The van der Waals surface area contributed by atoms with Crippen LogP contribution < -0.4 is 10.6 Å². The molecule has 15 heavy (non-hydrogen) atoms. The molecule has 1 aromatic heterocycles. The molecule has 0 amide bonds. The molecular formula is C9H12N4O2. The van der Waals surface area contributed by atoms with Crippen molar-refractivity contribution in [2.24, 2.45) is 5.73 Å². The predicted molar refractivity (Wildman–Crippen MR) is 55.7 cm³/mol. The predicted octanol–water partition coefficient (Wildman–Crippen LogP) is 0.527. The quantitative estimate of drug-likeness (QED) is 0.566. The summed E-state index contributed by atoms with van der Waals surface area (Å²) in [5.74, 6) is 0. The van der Waals surface area contributed by atoms with E-state index in [-0.39, 0.29) is 11.7 Å². The van der Waals surface area contributed by atoms with Crippen LogP contribution in [0.2, 0.25) is 0 Å². The van der Waals surface area contributed by atoms with Gasteiger partial charge in [-0.1, -0.05) is 0 Å². The number of anilines is 1. The lowest BCUT2D eigenvalue weighted by Gasteiger charge is -2.17. The van der Waals surface area contributed by atoms with Crippen molar-refractivity contribution in [2.75, 3.05) is 18.0 Å². The summed E-state index contributed by atoms with van der Waals surface area (Å²) >= 11 is 0. The molecule has 0 aromatic carbocycles. The molecule has 6 nitrogen and oxygen atoms in total. The van der Waals surface area contributed by atoms with E-state index in [4.69, 9.17) is 5.73 Å². The maximum atomic E-state index is 10.8. The largest absolute Gasteiger partial charge is 0.364 e. The average Bonchev–Trinajstić information content (AvgIpc) is 2.65. The van der Waals surface area contributed by atoms with Crippen molar-refractivity contribution in [1.29, 1.82) is 0 Å². The van der Waals surface area contributed by atoms with Crippen LogP contribution in [-0.4, -0.2) is 29.0 Å². The van der Waals surface area contributed by atoms with E-state index in [0.29, 0.717) is 12.2 Å². The van der Waals surface area contributed by atoms with Gasteiger partial charge in [0.05, 0.1) is 4.92 Å². The van der Waals surface area contributed by atoms with Crippen molar-refractivity contribution in [3.63, 3.8) is 0 Å². The highest BCUT2D eigenvalue weighted by Gasteiger charge is 2.25. The summed E-state index contributed by atoms with van der Waals surface area (Å²) in [6.07, 6.45) is 3.71. The van der Waals surface area contributed by atoms with Gasteiger partial charge < -0.3 is 10.6 Å². The summed E-state index contributed by atoms with van der Waals surface area (Å²) in [5.41, 5.74) is 6.42. The molecule has 6 heteroatoms. The Morgan fingerprint density at radius 2 is 2.47 bits per heavy atom. The average molecular weight is 208 g/mol. The Balaban J connectivity index is 2.31. The minimum atomic E-state index is -0.411. The van der Waals surface area contributed by atoms with Crippen LogP contribution in [0.1, 0.15) is 6.42 Å². The first-order valence-electron chi connectivity index (χ1n) is 4.77. The van der Waals surface area contributed by atoms with Crippen LogP contribution in [0.15, 0.2) is 18.5 Å². The Morgan fingerprint density at radius 1 is 1.67 bits per heavy atom. The summed E-state index contributed by atoms with van der Waals surface area (Å²) in [4.78, 5) is 16.0. The van der Waals surface area contributed by atoms with Crippen LogP contribution in [0.3, 0.4) is 0 Å². The van der Waals surface area contributed by atoms with Crippen LogP contribution in [0.4, 0.5) is 11.4 Å². The fourth-order valence-electron chi connectivity index (χ4n) is 1.79. The van der Waals surface area contributed by atoms with Gasteiger partial charge in [-0.15, -0.1) is 0 Å². The van der Waals surface area contributed by atoms with Gasteiger partial charge in [0.25, 0.3) is 0 Å². The van der Waals surface area contributed by atoms with E-state index in [0.717, 1.165) is 13.0 Å². The second kappa shape index (κ2) is 3.82. The molecule has 80 valence electrons. The van der Waals surface area contributed by atoms with Gasteiger partial charge in [-0.2, -0.15) is 0 Å². The fourth-order valence-corrected chi connectivity index (χ4v) is 1.79. The van der Waals surface area contributed by atoms with Gasteiger partial charge in [0, 0.05) is 25.3 Å². The van der Waals surface area contributed by atoms with Crippen molar-refractivity contribution in [1.82, 2.24) is 4.98 Å². The van der Waals surface area contributed by atoms with Gasteiger partial charge in [-0.3, -0.25) is 15.1 Å². The van der Waals surface area contributed by atoms with Gasteiger partial charge in [-0.05, 0) is 12.5 Å². The van der Waals surface area contributed by atoms with E-state index in [1.165, 1.54) is 6.20 Å². The lowest BCUT2D eigenvalue weighted by atomic mass is 10.3. The molecule has 0 radical (unpaired) electrons. The number of rotatable bonds is 2. The molecule has 2 heterocycles. The monoisotopic (exact) mass is 208 g/mol. The van der Waals surface area contributed by atoms with Gasteiger partial charge in [0.15, 0.2) is 0 Å². The Labute approximate surface area is 86.9 Å². The molecule has 1 aliphatic rings. The molecule has 1 aliphatic heterocycles. The van der Waals surface area contributed by atoms with Crippen molar-refractivity contribution >= 4 is 11.4 Å². The molecule has 1 fully saturated rings. The highest BCUT2D eigenvalue weighted by Crippen LogP contribution is 2.28. The first-order valence-corrected chi connectivity index (χ1v) is 4.77. The summed E-state index contributed by atoms with van der Waals surface area (Å²) < 4.78 is 0. The van der Waals surface area contributed by atoms with Gasteiger partial charge in [0.1, 0.15) is 11.9 Å². The highest BCUT2D eigenvalue weighted by atomic mass is 16.6. The van der Waals surface area contributed by atoms with E-state index < -0.39 is 4.92 Å². The lowest BCUT2D eigenvalue weighted by molar-refractivity contribution is -0.384. The minimum Gasteiger partial charge on any atom is -0.364 e. The van der Waals surface area contributed by atoms with Crippen molar-refractivity contribution in [2.45, 2.75) is 12.5 Å². The SMILES string of the molecule is NC1CCN(c2ccncc2[N+](=O)[O-])C1. The molecule has 2 N–H and O–H groups in total. The smallest absolute Gasteiger partial charge is 0.310 e. The van der Waals surface area contributed by atoms with E-state index in [1.54, 1.807) is 12.3 Å². The molecular weight excluding hydrogens is 196 g/mol. The highest BCUT2D eigenvalue weighted by molar-refractivity contribution is 5.62. The second-order valence-corrected chi connectivity index (χ2v) is 3.62. The Kier molecular flexibility index (Phi) is 2.51.